The highest BCUT2D eigenvalue weighted by Crippen LogP contribution is 2.29. The first kappa shape index (κ1) is 17.2. The fraction of sp³-hybridized carbons (Fsp3) is 0.474. The summed E-state index contributed by atoms with van der Waals surface area (Å²) in [5.41, 5.74) is -0.812. The molecule has 1 aliphatic rings. The molecule has 6 heteroatoms. The molecule has 0 atom stereocenters. The fourth-order valence-corrected chi connectivity index (χ4v) is 3.39. The number of nitrogens with zero attached hydrogens (tertiary/aromatic N) is 3. The third-order valence-electron chi connectivity index (χ3n) is 4.64. The number of rotatable bonds is 4. The second kappa shape index (κ2) is 6.67. The number of nitriles is 1. The van der Waals surface area contributed by atoms with Gasteiger partial charge in [-0.25, -0.2) is 4.68 Å². The summed E-state index contributed by atoms with van der Waals surface area (Å²) in [6, 6.07) is 9.25. The van der Waals surface area contributed by atoms with E-state index in [0.29, 0.717) is 30.2 Å². The number of aromatic nitrogens is 2. The topological polar surface area (TPSA) is 87.8 Å². The van der Waals surface area contributed by atoms with Gasteiger partial charge < -0.3 is 5.32 Å². The maximum atomic E-state index is 12.9. The molecule has 1 fully saturated rings. The van der Waals surface area contributed by atoms with E-state index in [2.05, 4.69) is 16.5 Å². The number of amides is 1. The Morgan fingerprint density at radius 1 is 1.32 bits per heavy atom. The summed E-state index contributed by atoms with van der Waals surface area (Å²) in [4.78, 5) is 25.5. The zero-order chi connectivity index (χ0) is 18.0. The third-order valence-corrected chi connectivity index (χ3v) is 4.64. The second-order valence-electron chi connectivity index (χ2n) is 7.13. The van der Waals surface area contributed by atoms with Crippen molar-refractivity contribution >= 4 is 16.7 Å². The SMILES string of the molecule is CC(C)Cn1nc(C(=O)NC2(C#N)CCCC2)c2ccccc2c1=O. The normalized spacial score (nSPS) is 16.1. The van der Waals surface area contributed by atoms with Crippen molar-refractivity contribution in [3.63, 3.8) is 0 Å². The Morgan fingerprint density at radius 2 is 1.96 bits per heavy atom. The molecule has 1 aromatic carbocycles. The molecule has 6 nitrogen and oxygen atoms in total. The number of carbonyl (C=O) groups excluding carboxylic acids is 1. The van der Waals surface area contributed by atoms with Crippen molar-refractivity contribution in [2.45, 2.75) is 51.6 Å². The molecule has 1 N–H and O–H groups in total. The van der Waals surface area contributed by atoms with E-state index in [9.17, 15) is 14.9 Å². The van der Waals surface area contributed by atoms with Gasteiger partial charge in [0.05, 0.1) is 11.5 Å². The highest BCUT2D eigenvalue weighted by molar-refractivity contribution is 6.05. The molecular formula is C19H22N4O2. The maximum absolute atomic E-state index is 12.9. The number of fused-ring (bicyclic) bond motifs is 1. The summed E-state index contributed by atoms with van der Waals surface area (Å²) >= 11 is 0. The summed E-state index contributed by atoms with van der Waals surface area (Å²) in [6.45, 7) is 4.42. The summed E-state index contributed by atoms with van der Waals surface area (Å²) in [5, 5.41) is 17.7. The summed E-state index contributed by atoms with van der Waals surface area (Å²) in [7, 11) is 0. The molecule has 0 spiro atoms. The number of carbonyl (C=O) groups is 1. The molecule has 0 unspecified atom stereocenters. The van der Waals surface area contributed by atoms with Gasteiger partial charge in [-0.2, -0.15) is 10.4 Å². The van der Waals surface area contributed by atoms with Crippen LogP contribution in [0.5, 0.6) is 0 Å². The van der Waals surface area contributed by atoms with Gasteiger partial charge in [0.1, 0.15) is 5.54 Å². The number of hydrogen-bond donors (Lipinski definition) is 1. The molecular weight excluding hydrogens is 316 g/mol. The minimum Gasteiger partial charge on any atom is -0.332 e. The Hall–Kier alpha value is -2.68. The van der Waals surface area contributed by atoms with Crippen molar-refractivity contribution in [3.8, 4) is 6.07 Å². The molecule has 0 saturated heterocycles. The molecule has 1 saturated carbocycles. The van der Waals surface area contributed by atoms with E-state index >= 15 is 0 Å². The van der Waals surface area contributed by atoms with Crippen LogP contribution in [0, 0.1) is 17.2 Å². The number of benzene rings is 1. The quantitative estimate of drug-likeness (QED) is 0.928. The lowest BCUT2D eigenvalue weighted by Gasteiger charge is -2.22. The van der Waals surface area contributed by atoms with E-state index in [1.54, 1.807) is 24.3 Å². The van der Waals surface area contributed by atoms with E-state index in [-0.39, 0.29) is 17.2 Å². The van der Waals surface area contributed by atoms with Crippen molar-refractivity contribution in [3.05, 3.63) is 40.3 Å². The Kier molecular flexibility index (Phi) is 4.58. The minimum absolute atomic E-state index is 0.197. The first-order valence-corrected chi connectivity index (χ1v) is 8.69. The van der Waals surface area contributed by atoms with Crippen molar-refractivity contribution in [2.24, 2.45) is 5.92 Å². The largest absolute Gasteiger partial charge is 0.332 e. The van der Waals surface area contributed by atoms with Gasteiger partial charge in [-0.1, -0.05) is 32.0 Å². The molecule has 0 aliphatic heterocycles. The lowest BCUT2D eigenvalue weighted by Crippen LogP contribution is -2.46. The van der Waals surface area contributed by atoms with Crippen molar-refractivity contribution in [1.29, 1.82) is 5.26 Å². The standard InChI is InChI=1S/C19H22N4O2/c1-13(2)11-23-18(25)15-8-4-3-7-14(15)16(22-23)17(24)21-19(12-20)9-5-6-10-19/h3-4,7-8,13H,5-6,9-11H2,1-2H3,(H,21,24). The zero-order valence-electron chi connectivity index (χ0n) is 14.6. The lowest BCUT2D eigenvalue weighted by molar-refractivity contribution is 0.0914. The van der Waals surface area contributed by atoms with Gasteiger partial charge in [0.2, 0.25) is 0 Å². The van der Waals surface area contributed by atoms with Crippen LogP contribution in [0.2, 0.25) is 0 Å². The van der Waals surface area contributed by atoms with E-state index < -0.39 is 11.4 Å². The first-order chi connectivity index (χ1) is 12.0. The van der Waals surface area contributed by atoms with Crippen molar-refractivity contribution in [2.75, 3.05) is 0 Å². The predicted molar refractivity (Wildman–Crippen MR) is 95.1 cm³/mol. The monoisotopic (exact) mass is 338 g/mol. The molecule has 130 valence electrons. The van der Waals surface area contributed by atoms with Crippen LogP contribution in [0.3, 0.4) is 0 Å². The molecule has 3 rings (SSSR count). The summed E-state index contributed by atoms with van der Waals surface area (Å²) in [5.74, 6) is -0.167. The zero-order valence-corrected chi connectivity index (χ0v) is 14.6. The van der Waals surface area contributed by atoms with Crippen LogP contribution in [0.1, 0.15) is 50.0 Å². The lowest BCUT2D eigenvalue weighted by atomic mass is 9.99. The summed E-state index contributed by atoms with van der Waals surface area (Å²) < 4.78 is 1.36. The van der Waals surface area contributed by atoms with Gasteiger partial charge in [-0.05, 0) is 37.7 Å². The van der Waals surface area contributed by atoms with E-state index in [1.165, 1.54) is 4.68 Å². The van der Waals surface area contributed by atoms with Crippen LogP contribution in [0.15, 0.2) is 29.1 Å². The van der Waals surface area contributed by atoms with Crippen LogP contribution in [-0.2, 0) is 6.54 Å². The molecule has 25 heavy (non-hydrogen) atoms. The average molecular weight is 338 g/mol. The van der Waals surface area contributed by atoms with Crippen LogP contribution in [0.25, 0.3) is 10.8 Å². The fourth-order valence-electron chi connectivity index (χ4n) is 3.39. The molecule has 0 bridgehead atoms. The second-order valence-corrected chi connectivity index (χ2v) is 7.13. The van der Waals surface area contributed by atoms with Crippen LogP contribution >= 0.6 is 0 Å². The minimum atomic E-state index is -0.821. The van der Waals surface area contributed by atoms with Gasteiger partial charge in [0.25, 0.3) is 11.5 Å². The van der Waals surface area contributed by atoms with E-state index in [4.69, 9.17) is 0 Å². The van der Waals surface area contributed by atoms with E-state index in [0.717, 1.165) is 12.8 Å². The van der Waals surface area contributed by atoms with Gasteiger partial charge in [-0.15, -0.1) is 0 Å². The first-order valence-electron chi connectivity index (χ1n) is 8.69. The van der Waals surface area contributed by atoms with Gasteiger partial charge in [-0.3, -0.25) is 9.59 Å². The highest BCUT2D eigenvalue weighted by Gasteiger charge is 2.36. The molecule has 1 aliphatic carbocycles. The van der Waals surface area contributed by atoms with Crippen molar-refractivity contribution in [1.82, 2.24) is 15.1 Å². The van der Waals surface area contributed by atoms with Crippen molar-refractivity contribution < 1.29 is 4.79 Å². The Bertz CT molecular complexity index is 902. The Balaban J connectivity index is 2.08. The van der Waals surface area contributed by atoms with Crippen LogP contribution in [0.4, 0.5) is 0 Å². The molecule has 2 aromatic rings. The van der Waals surface area contributed by atoms with Crippen LogP contribution in [-0.4, -0.2) is 21.2 Å². The maximum Gasteiger partial charge on any atom is 0.274 e. The predicted octanol–water partition coefficient (Wildman–Crippen LogP) is 2.62. The molecule has 0 radical (unpaired) electrons. The Labute approximate surface area is 146 Å². The number of nitrogens with one attached hydrogen (secondary N) is 1. The molecule has 1 heterocycles. The van der Waals surface area contributed by atoms with E-state index in [1.807, 2.05) is 13.8 Å². The third kappa shape index (κ3) is 3.27. The number of hydrogen-bond acceptors (Lipinski definition) is 4. The Morgan fingerprint density at radius 3 is 2.56 bits per heavy atom. The van der Waals surface area contributed by atoms with Gasteiger partial charge in [0, 0.05) is 11.9 Å². The highest BCUT2D eigenvalue weighted by atomic mass is 16.2. The van der Waals surface area contributed by atoms with Crippen LogP contribution < -0.4 is 10.9 Å². The average Bonchev–Trinajstić information content (AvgIpc) is 3.06. The molecule has 1 aromatic heterocycles. The smallest absolute Gasteiger partial charge is 0.274 e. The van der Waals surface area contributed by atoms with Gasteiger partial charge >= 0.3 is 0 Å². The summed E-state index contributed by atoms with van der Waals surface area (Å²) in [6.07, 6.45) is 3.15. The molecule has 1 amide bonds. The van der Waals surface area contributed by atoms with Gasteiger partial charge in [0.15, 0.2) is 5.69 Å².